The molecule has 4 rings (SSSR count). The summed E-state index contributed by atoms with van der Waals surface area (Å²) in [4.78, 5) is 23.4. The topological polar surface area (TPSA) is 73.3 Å². The van der Waals surface area contributed by atoms with E-state index in [2.05, 4.69) is 43.3 Å². The van der Waals surface area contributed by atoms with E-state index < -0.39 is 0 Å². The molecule has 0 radical (unpaired) electrons. The Morgan fingerprint density at radius 1 is 1.25 bits per heavy atom. The van der Waals surface area contributed by atoms with Gasteiger partial charge in [0.1, 0.15) is 11.4 Å². The van der Waals surface area contributed by atoms with Crippen LogP contribution in [0.4, 0.5) is 0 Å². The largest absolute Gasteiger partial charge is 0.480 e. The molecule has 1 aliphatic rings. The van der Waals surface area contributed by atoms with E-state index in [0.29, 0.717) is 16.6 Å². The fourth-order valence-corrected chi connectivity index (χ4v) is 4.71. The number of nitrogens with one attached hydrogen (secondary N) is 1. The predicted octanol–water partition coefficient (Wildman–Crippen LogP) is 4.34. The molecule has 6 nitrogen and oxygen atoms in total. The highest BCUT2D eigenvalue weighted by atomic mass is 79.9. The summed E-state index contributed by atoms with van der Waals surface area (Å²) in [5, 5.41) is 4.02. The van der Waals surface area contributed by atoms with Crippen LogP contribution in [0.1, 0.15) is 39.5 Å². The maximum atomic E-state index is 13.1. The van der Waals surface area contributed by atoms with Gasteiger partial charge in [0, 0.05) is 11.6 Å². The number of rotatable bonds is 6. The van der Waals surface area contributed by atoms with E-state index in [1.165, 1.54) is 11.3 Å². The van der Waals surface area contributed by atoms with Gasteiger partial charge in [-0.15, -0.1) is 11.3 Å². The second kappa shape index (κ2) is 7.42. The van der Waals surface area contributed by atoms with Crippen LogP contribution in [0.25, 0.3) is 10.2 Å². The minimum Gasteiger partial charge on any atom is -0.480 e. The average molecular weight is 462 g/mol. The first-order valence-electron chi connectivity index (χ1n) is 8.89. The van der Waals surface area contributed by atoms with Gasteiger partial charge in [0.2, 0.25) is 5.88 Å². The standard InChI is InChI=1S/C20H20BrN3O3S/c1-11-15-18(27-3)22-14(10-26-2)23-19(15)28-16(11)17(25)24-20(8-9-20)12-4-6-13(21)7-5-12/h4-7H,8-10H2,1-3H3,(H,24,25). The van der Waals surface area contributed by atoms with E-state index in [1.54, 1.807) is 14.2 Å². The highest BCUT2D eigenvalue weighted by Crippen LogP contribution is 2.46. The van der Waals surface area contributed by atoms with Crippen LogP contribution < -0.4 is 10.1 Å². The molecule has 2 heterocycles. The first-order chi connectivity index (χ1) is 13.5. The third kappa shape index (κ3) is 3.40. The molecule has 146 valence electrons. The number of aromatic nitrogens is 2. The summed E-state index contributed by atoms with van der Waals surface area (Å²) < 4.78 is 11.6. The number of hydrogen-bond acceptors (Lipinski definition) is 6. The van der Waals surface area contributed by atoms with Gasteiger partial charge in [0.15, 0.2) is 5.82 Å². The molecule has 28 heavy (non-hydrogen) atoms. The van der Waals surface area contributed by atoms with Crippen molar-refractivity contribution in [2.75, 3.05) is 14.2 Å². The summed E-state index contributed by atoms with van der Waals surface area (Å²) in [5.74, 6) is 0.920. The Kier molecular flexibility index (Phi) is 5.11. The summed E-state index contributed by atoms with van der Waals surface area (Å²) in [6, 6.07) is 8.12. The molecule has 1 saturated carbocycles. The third-order valence-electron chi connectivity index (χ3n) is 4.98. The number of aryl methyl sites for hydroxylation is 1. The fraction of sp³-hybridized carbons (Fsp3) is 0.350. The zero-order valence-corrected chi connectivity index (χ0v) is 18.2. The van der Waals surface area contributed by atoms with Crippen molar-refractivity contribution < 1.29 is 14.3 Å². The van der Waals surface area contributed by atoms with Crippen molar-refractivity contribution in [1.29, 1.82) is 0 Å². The van der Waals surface area contributed by atoms with Crippen molar-refractivity contribution in [3.8, 4) is 5.88 Å². The Hall–Kier alpha value is -2.03. The first-order valence-corrected chi connectivity index (χ1v) is 10.5. The smallest absolute Gasteiger partial charge is 0.262 e. The number of halogens is 1. The number of amides is 1. The van der Waals surface area contributed by atoms with Crippen molar-refractivity contribution in [2.24, 2.45) is 0 Å². The Bertz CT molecular complexity index is 1050. The van der Waals surface area contributed by atoms with E-state index in [1.807, 2.05) is 19.1 Å². The lowest BCUT2D eigenvalue weighted by Gasteiger charge is -2.18. The van der Waals surface area contributed by atoms with Crippen molar-refractivity contribution in [3.05, 3.63) is 50.6 Å². The van der Waals surface area contributed by atoms with E-state index in [-0.39, 0.29) is 18.1 Å². The third-order valence-corrected chi connectivity index (χ3v) is 6.69. The highest BCUT2D eigenvalue weighted by molar-refractivity contribution is 9.10. The van der Waals surface area contributed by atoms with Gasteiger partial charge in [-0.1, -0.05) is 28.1 Å². The summed E-state index contributed by atoms with van der Waals surface area (Å²) >= 11 is 4.82. The molecule has 3 aromatic rings. The Labute approximate surface area is 175 Å². The summed E-state index contributed by atoms with van der Waals surface area (Å²) in [5.41, 5.74) is 1.68. The lowest BCUT2D eigenvalue weighted by molar-refractivity contribution is 0.0934. The van der Waals surface area contributed by atoms with Crippen LogP contribution >= 0.6 is 27.3 Å². The van der Waals surface area contributed by atoms with Crippen molar-refractivity contribution in [2.45, 2.75) is 31.9 Å². The van der Waals surface area contributed by atoms with E-state index in [9.17, 15) is 4.79 Å². The number of nitrogens with zero attached hydrogens (tertiary/aromatic N) is 2. The van der Waals surface area contributed by atoms with Gasteiger partial charge in [-0.3, -0.25) is 4.79 Å². The quantitative estimate of drug-likeness (QED) is 0.590. The SMILES string of the molecule is COCc1nc(OC)c2c(C)c(C(=O)NC3(c4ccc(Br)cc4)CC3)sc2n1. The van der Waals surface area contributed by atoms with Gasteiger partial charge < -0.3 is 14.8 Å². The molecule has 0 bridgehead atoms. The molecule has 1 fully saturated rings. The summed E-state index contributed by atoms with van der Waals surface area (Å²) in [6.45, 7) is 2.20. The van der Waals surface area contributed by atoms with E-state index in [0.717, 1.165) is 38.7 Å². The molecular weight excluding hydrogens is 442 g/mol. The van der Waals surface area contributed by atoms with Crippen LogP contribution in [0.15, 0.2) is 28.7 Å². The molecule has 1 N–H and O–H groups in total. The normalized spacial score (nSPS) is 14.9. The van der Waals surface area contributed by atoms with Gasteiger partial charge in [-0.05, 0) is 43.0 Å². The molecule has 0 spiro atoms. The Morgan fingerprint density at radius 2 is 1.96 bits per heavy atom. The molecule has 1 aliphatic carbocycles. The van der Waals surface area contributed by atoms with Crippen LogP contribution in [0, 0.1) is 6.92 Å². The number of carbonyl (C=O) groups excluding carboxylic acids is 1. The lowest BCUT2D eigenvalue weighted by Crippen LogP contribution is -2.34. The number of benzene rings is 1. The molecule has 0 atom stereocenters. The second-order valence-corrected chi connectivity index (χ2v) is 8.78. The van der Waals surface area contributed by atoms with Crippen molar-refractivity contribution in [3.63, 3.8) is 0 Å². The maximum Gasteiger partial charge on any atom is 0.262 e. The van der Waals surface area contributed by atoms with Crippen molar-refractivity contribution >= 4 is 43.4 Å². The molecule has 0 aliphatic heterocycles. The molecule has 2 aromatic heterocycles. The Morgan fingerprint density at radius 3 is 2.57 bits per heavy atom. The van der Waals surface area contributed by atoms with Crippen molar-refractivity contribution in [1.82, 2.24) is 15.3 Å². The highest BCUT2D eigenvalue weighted by Gasteiger charge is 2.46. The van der Waals surface area contributed by atoms with Gasteiger partial charge in [0.25, 0.3) is 5.91 Å². The lowest BCUT2D eigenvalue weighted by atomic mass is 10.0. The first kappa shape index (κ1) is 19.3. The van der Waals surface area contributed by atoms with Gasteiger partial charge >= 0.3 is 0 Å². The minimum atomic E-state index is -0.280. The zero-order valence-electron chi connectivity index (χ0n) is 15.8. The number of hydrogen-bond donors (Lipinski definition) is 1. The maximum absolute atomic E-state index is 13.1. The predicted molar refractivity (Wildman–Crippen MR) is 112 cm³/mol. The summed E-state index contributed by atoms with van der Waals surface area (Å²) in [6.07, 6.45) is 1.87. The summed E-state index contributed by atoms with van der Waals surface area (Å²) in [7, 11) is 3.16. The zero-order chi connectivity index (χ0) is 19.9. The van der Waals surface area contributed by atoms with Crippen LogP contribution in [0.3, 0.4) is 0 Å². The second-order valence-electron chi connectivity index (χ2n) is 6.86. The fourth-order valence-electron chi connectivity index (χ4n) is 3.36. The van der Waals surface area contributed by atoms with E-state index in [4.69, 9.17) is 9.47 Å². The number of fused-ring (bicyclic) bond motifs is 1. The molecule has 1 amide bonds. The number of carbonyl (C=O) groups is 1. The average Bonchev–Trinajstić information content (AvgIpc) is 3.38. The molecule has 0 saturated heterocycles. The van der Waals surface area contributed by atoms with Crippen LogP contribution in [0.2, 0.25) is 0 Å². The monoisotopic (exact) mass is 461 g/mol. The van der Waals surface area contributed by atoms with Gasteiger partial charge in [-0.2, -0.15) is 4.98 Å². The molecular formula is C20H20BrN3O3S. The van der Waals surface area contributed by atoms with Crippen LogP contribution in [-0.2, 0) is 16.9 Å². The molecule has 8 heteroatoms. The number of ether oxygens (including phenoxy) is 2. The van der Waals surface area contributed by atoms with Crippen LogP contribution in [-0.4, -0.2) is 30.1 Å². The van der Waals surface area contributed by atoms with Gasteiger partial charge in [-0.25, -0.2) is 4.98 Å². The van der Waals surface area contributed by atoms with E-state index >= 15 is 0 Å². The Balaban J connectivity index is 1.68. The minimum absolute atomic E-state index is 0.0868. The van der Waals surface area contributed by atoms with Gasteiger partial charge in [0.05, 0.1) is 22.9 Å². The number of thiophene rings is 1. The molecule has 0 unspecified atom stereocenters. The van der Waals surface area contributed by atoms with Crippen LogP contribution in [0.5, 0.6) is 5.88 Å². The number of methoxy groups -OCH3 is 2. The molecule has 1 aromatic carbocycles.